The van der Waals surface area contributed by atoms with Gasteiger partial charge in [0.25, 0.3) is 11.8 Å². The van der Waals surface area contributed by atoms with Gasteiger partial charge in [-0.1, -0.05) is 30.3 Å². The van der Waals surface area contributed by atoms with Gasteiger partial charge in [0.2, 0.25) is 0 Å². The highest BCUT2D eigenvalue weighted by Gasteiger charge is 2.25. The highest BCUT2D eigenvalue weighted by molar-refractivity contribution is 6.06. The van der Waals surface area contributed by atoms with E-state index in [1.165, 1.54) is 18.5 Å². The molecule has 0 radical (unpaired) electrons. The lowest BCUT2D eigenvalue weighted by Gasteiger charge is -2.26. The number of benzene rings is 3. The number of hydrogen-bond donors (Lipinski definition) is 3. The zero-order chi connectivity index (χ0) is 30.2. The van der Waals surface area contributed by atoms with Gasteiger partial charge in [0.05, 0.1) is 31.1 Å². The van der Waals surface area contributed by atoms with Gasteiger partial charge < -0.3 is 25.0 Å². The first-order chi connectivity index (χ1) is 21.5. The molecule has 1 aliphatic heterocycles. The van der Waals surface area contributed by atoms with E-state index in [4.69, 9.17) is 4.74 Å². The lowest BCUT2D eigenvalue weighted by atomic mass is 10.00. The number of ether oxygens (including phenoxy) is 1. The van der Waals surface area contributed by atoms with Crippen molar-refractivity contribution in [2.45, 2.75) is 25.4 Å². The molecule has 3 heterocycles. The Bertz CT molecular complexity index is 1880. The third-order valence-corrected chi connectivity index (χ3v) is 8.29. The summed E-state index contributed by atoms with van der Waals surface area (Å²) in [5.41, 5.74) is 5.70. The molecule has 10 heteroatoms. The predicted octanol–water partition coefficient (Wildman–Crippen LogP) is 5.53. The van der Waals surface area contributed by atoms with E-state index >= 15 is 0 Å². The molecule has 0 atom stereocenters. The van der Waals surface area contributed by atoms with Crippen LogP contribution < -0.4 is 5.32 Å². The monoisotopic (exact) mass is 591 g/mol. The predicted molar refractivity (Wildman–Crippen MR) is 164 cm³/mol. The molecule has 1 aliphatic carbocycles. The summed E-state index contributed by atoms with van der Waals surface area (Å²) in [6, 6.07) is 19.3. The van der Waals surface area contributed by atoms with Crippen LogP contribution in [-0.4, -0.2) is 63.1 Å². The van der Waals surface area contributed by atoms with E-state index in [1.807, 2.05) is 36.4 Å². The number of rotatable bonds is 7. The van der Waals surface area contributed by atoms with E-state index in [1.54, 1.807) is 23.1 Å². The van der Waals surface area contributed by atoms with Crippen LogP contribution in [0.5, 0.6) is 0 Å². The number of hydrogen-bond acceptors (Lipinski definition) is 6. The maximum atomic E-state index is 14.8. The second kappa shape index (κ2) is 11.6. The fourth-order valence-corrected chi connectivity index (χ4v) is 5.72. The standard InChI is InChI=1S/C34H30FN5O4/c35-28-16-23(20-4-5-20)10-11-25(28)33(42)39-29-3-1-2-24(27(29)18-41)31-26-17-30(38-32(26)37-19-36-31)21-6-8-22(9-7-21)34(43)40-12-14-44-15-13-40/h1-3,6-11,16-17,19-20,41H,4-5,12-15,18H2,(H,39,42)(H,36,37,38). The molecule has 3 aromatic carbocycles. The Morgan fingerprint density at radius 2 is 1.82 bits per heavy atom. The van der Waals surface area contributed by atoms with Gasteiger partial charge in [-0.2, -0.15) is 0 Å². The second-order valence-electron chi connectivity index (χ2n) is 11.1. The number of carbonyl (C=O) groups is 2. The van der Waals surface area contributed by atoms with E-state index in [2.05, 4.69) is 20.3 Å². The summed E-state index contributed by atoms with van der Waals surface area (Å²) < 4.78 is 20.2. The zero-order valence-electron chi connectivity index (χ0n) is 23.8. The number of carbonyl (C=O) groups excluding carboxylic acids is 2. The summed E-state index contributed by atoms with van der Waals surface area (Å²) in [5.74, 6) is -0.804. The van der Waals surface area contributed by atoms with Crippen LogP contribution in [0, 0.1) is 5.82 Å². The van der Waals surface area contributed by atoms with Crippen LogP contribution in [-0.2, 0) is 11.3 Å². The number of nitrogens with one attached hydrogen (secondary N) is 2. The fourth-order valence-electron chi connectivity index (χ4n) is 5.72. The number of aromatic amines is 1. The summed E-state index contributed by atoms with van der Waals surface area (Å²) in [6.45, 7) is 1.87. The first-order valence-corrected chi connectivity index (χ1v) is 14.6. The minimum absolute atomic E-state index is 0.0221. The fraction of sp³-hybridized carbons (Fsp3) is 0.235. The normalized spacial score (nSPS) is 15.0. The Balaban J connectivity index is 1.17. The Morgan fingerprint density at radius 1 is 1.02 bits per heavy atom. The zero-order valence-corrected chi connectivity index (χ0v) is 23.8. The molecule has 3 N–H and O–H groups in total. The number of H-pyrrole nitrogens is 1. The SMILES string of the molecule is O=C(Nc1cccc(-c2ncnc3[nH]c(-c4ccc(C(=O)N5CCOCC5)cc4)cc23)c1CO)c1ccc(C2CC2)cc1F. The number of halogens is 1. The number of anilines is 1. The van der Waals surface area contributed by atoms with Crippen LogP contribution in [0.3, 0.4) is 0 Å². The number of fused-ring (bicyclic) bond motifs is 1. The number of aromatic nitrogens is 3. The van der Waals surface area contributed by atoms with Crippen LogP contribution in [0.1, 0.15) is 50.6 Å². The molecule has 2 amide bonds. The van der Waals surface area contributed by atoms with Crippen LogP contribution in [0.2, 0.25) is 0 Å². The van der Waals surface area contributed by atoms with Gasteiger partial charge in [-0.05, 0) is 66.3 Å². The highest BCUT2D eigenvalue weighted by Crippen LogP contribution is 2.40. The van der Waals surface area contributed by atoms with Gasteiger partial charge in [0.15, 0.2) is 0 Å². The lowest BCUT2D eigenvalue weighted by molar-refractivity contribution is 0.0303. The van der Waals surface area contributed by atoms with Crippen LogP contribution in [0.4, 0.5) is 10.1 Å². The molecule has 0 unspecified atom stereocenters. The van der Waals surface area contributed by atoms with Gasteiger partial charge in [-0.25, -0.2) is 14.4 Å². The van der Waals surface area contributed by atoms with E-state index < -0.39 is 11.7 Å². The Morgan fingerprint density at radius 3 is 2.55 bits per heavy atom. The van der Waals surface area contributed by atoms with E-state index in [0.717, 1.165) is 35.0 Å². The molecule has 1 saturated carbocycles. The van der Waals surface area contributed by atoms with Gasteiger partial charge in [-0.15, -0.1) is 0 Å². The van der Waals surface area contributed by atoms with E-state index in [9.17, 15) is 19.1 Å². The minimum Gasteiger partial charge on any atom is -0.392 e. The topological polar surface area (TPSA) is 120 Å². The molecule has 44 heavy (non-hydrogen) atoms. The lowest BCUT2D eigenvalue weighted by Crippen LogP contribution is -2.40. The summed E-state index contributed by atoms with van der Waals surface area (Å²) in [4.78, 5) is 40.0. The maximum Gasteiger partial charge on any atom is 0.258 e. The maximum absolute atomic E-state index is 14.8. The molecular formula is C34H30FN5O4. The first kappa shape index (κ1) is 27.9. The van der Waals surface area contributed by atoms with Crippen molar-refractivity contribution in [2.24, 2.45) is 0 Å². The van der Waals surface area contributed by atoms with Crippen LogP contribution in [0.15, 0.2) is 73.1 Å². The molecule has 9 nitrogen and oxygen atoms in total. The largest absolute Gasteiger partial charge is 0.392 e. The molecule has 222 valence electrons. The molecule has 0 bridgehead atoms. The molecule has 2 aliphatic rings. The number of nitrogens with zero attached hydrogens (tertiary/aromatic N) is 3. The summed E-state index contributed by atoms with van der Waals surface area (Å²) in [7, 11) is 0. The van der Waals surface area contributed by atoms with Gasteiger partial charge in [0.1, 0.15) is 17.8 Å². The van der Waals surface area contributed by atoms with Crippen molar-refractivity contribution in [3.8, 4) is 22.5 Å². The Labute approximate surface area is 252 Å². The Kier molecular flexibility index (Phi) is 7.37. The van der Waals surface area contributed by atoms with Gasteiger partial charge in [0, 0.05) is 46.5 Å². The molecule has 1 saturated heterocycles. The van der Waals surface area contributed by atoms with Crippen molar-refractivity contribution in [2.75, 3.05) is 31.6 Å². The van der Waals surface area contributed by atoms with Crippen molar-refractivity contribution in [3.05, 3.63) is 101 Å². The average Bonchev–Trinajstić information content (AvgIpc) is 3.82. The highest BCUT2D eigenvalue weighted by atomic mass is 19.1. The van der Waals surface area contributed by atoms with Gasteiger partial charge >= 0.3 is 0 Å². The molecule has 0 spiro atoms. The average molecular weight is 592 g/mol. The van der Waals surface area contributed by atoms with Crippen molar-refractivity contribution >= 4 is 28.5 Å². The van der Waals surface area contributed by atoms with Crippen molar-refractivity contribution in [1.29, 1.82) is 0 Å². The Hall–Kier alpha value is -4.93. The van der Waals surface area contributed by atoms with Crippen LogP contribution in [0.25, 0.3) is 33.5 Å². The van der Waals surface area contributed by atoms with E-state index in [0.29, 0.717) is 65.9 Å². The van der Waals surface area contributed by atoms with E-state index in [-0.39, 0.29) is 18.1 Å². The van der Waals surface area contributed by atoms with Gasteiger partial charge in [-0.3, -0.25) is 9.59 Å². The quantitative estimate of drug-likeness (QED) is 0.229. The van der Waals surface area contributed by atoms with Crippen molar-refractivity contribution in [3.63, 3.8) is 0 Å². The third-order valence-electron chi connectivity index (χ3n) is 8.29. The number of aliphatic hydroxyl groups is 1. The van der Waals surface area contributed by atoms with Crippen molar-refractivity contribution in [1.82, 2.24) is 19.9 Å². The number of morpholine rings is 1. The number of amides is 2. The minimum atomic E-state index is -0.594. The smallest absolute Gasteiger partial charge is 0.258 e. The first-order valence-electron chi connectivity index (χ1n) is 14.6. The summed E-state index contributed by atoms with van der Waals surface area (Å²) >= 11 is 0. The molecule has 2 aromatic heterocycles. The molecule has 2 fully saturated rings. The van der Waals surface area contributed by atoms with Crippen molar-refractivity contribution < 1.29 is 23.8 Å². The third kappa shape index (κ3) is 5.34. The summed E-state index contributed by atoms with van der Waals surface area (Å²) in [5, 5.41) is 13.9. The second-order valence-corrected chi connectivity index (χ2v) is 11.1. The molecule has 7 rings (SSSR count). The van der Waals surface area contributed by atoms with Crippen LogP contribution >= 0.6 is 0 Å². The summed E-state index contributed by atoms with van der Waals surface area (Å²) in [6.07, 6.45) is 3.52. The molecule has 5 aromatic rings. The molecular weight excluding hydrogens is 561 g/mol. The number of aliphatic hydroxyl groups excluding tert-OH is 1.